The molecular formula is C11H13N3O5S. The maximum atomic E-state index is 11.8. The molecule has 0 saturated heterocycles. The Morgan fingerprint density at radius 1 is 1.45 bits per heavy atom. The Labute approximate surface area is 114 Å². The van der Waals surface area contributed by atoms with Crippen molar-refractivity contribution in [3.63, 3.8) is 0 Å². The van der Waals surface area contributed by atoms with Crippen LogP contribution in [0.4, 0.5) is 0 Å². The van der Waals surface area contributed by atoms with E-state index in [9.17, 15) is 18.0 Å². The molecule has 20 heavy (non-hydrogen) atoms. The molecule has 1 aromatic heterocycles. The Hall–Kier alpha value is -2.13. The van der Waals surface area contributed by atoms with Crippen LogP contribution in [0.3, 0.4) is 0 Å². The molecule has 9 heteroatoms. The van der Waals surface area contributed by atoms with E-state index in [-0.39, 0.29) is 18.7 Å². The van der Waals surface area contributed by atoms with Crippen molar-refractivity contribution < 1.29 is 18.3 Å². The molecule has 1 heterocycles. The number of carbonyl (C=O) groups is 1. The third kappa shape index (κ3) is 3.06. The lowest BCUT2D eigenvalue weighted by Crippen LogP contribution is -2.29. The monoisotopic (exact) mass is 299 g/mol. The summed E-state index contributed by atoms with van der Waals surface area (Å²) >= 11 is 0. The molecule has 0 atom stereocenters. The number of sulfonamides is 1. The zero-order valence-corrected chi connectivity index (χ0v) is 11.4. The highest BCUT2D eigenvalue weighted by atomic mass is 32.2. The Morgan fingerprint density at radius 2 is 2.15 bits per heavy atom. The van der Waals surface area contributed by atoms with Crippen LogP contribution in [0.15, 0.2) is 23.0 Å². The number of nitrogens with one attached hydrogen (secondary N) is 2. The zero-order valence-electron chi connectivity index (χ0n) is 10.6. The van der Waals surface area contributed by atoms with Gasteiger partial charge in [0.25, 0.3) is 0 Å². The van der Waals surface area contributed by atoms with E-state index in [1.54, 1.807) is 0 Å². The molecule has 0 bridgehead atoms. The molecule has 0 amide bonds. The minimum Gasteiger partial charge on any atom is -0.478 e. The van der Waals surface area contributed by atoms with Gasteiger partial charge in [-0.05, 0) is 18.2 Å². The van der Waals surface area contributed by atoms with E-state index in [4.69, 9.17) is 5.11 Å². The van der Waals surface area contributed by atoms with Gasteiger partial charge in [-0.25, -0.2) is 22.7 Å². The predicted octanol–water partition coefficient (Wildman–Crippen LogP) is -0.423. The quantitative estimate of drug-likeness (QED) is 0.692. The molecule has 0 aliphatic carbocycles. The highest BCUT2D eigenvalue weighted by molar-refractivity contribution is 7.88. The molecule has 8 nitrogen and oxygen atoms in total. The Morgan fingerprint density at radius 3 is 2.75 bits per heavy atom. The number of aromatic carboxylic acids is 1. The fourth-order valence-electron chi connectivity index (χ4n) is 1.86. The SMILES string of the molecule is CS(=O)(=O)NCCn1c(=O)[nH]c2cc(C(=O)O)ccc21. The van der Waals surface area contributed by atoms with E-state index in [2.05, 4.69) is 9.71 Å². The first-order valence-electron chi connectivity index (χ1n) is 5.68. The maximum Gasteiger partial charge on any atom is 0.335 e. The number of aromatic amines is 1. The second-order valence-corrected chi connectivity index (χ2v) is 6.12. The van der Waals surface area contributed by atoms with Crippen molar-refractivity contribution in [2.75, 3.05) is 12.8 Å². The highest BCUT2D eigenvalue weighted by Gasteiger charge is 2.10. The molecule has 0 radical (unpaired) electrons. The molecule has 108 valence electrons. The summed E-state index contributed by atoms with van der Waals surface area (Å²) in [5.74, 6) is -1.08. The van der Waals surface area contributed by atoms with Crippen LogP contribution in [0.1, 0.15) is 10.4 Å². The normalized spacial score (nSPS) is 11.8. The first-order chi connectivity index (χ1) is 9.28. The minimum atomic E-state index is -3.31. The van der Waals surface area contributed by atoms with Gasteiger partial charge in [-0.2, -0.15) is 0 Å². The van der Waals surface area contributed by atoms with E-state index >= 15 is 0 Å². The Balaban J connectivity index is 2.32. The van der Waals surface area contributed by atoms with Crippen LogP contribution in [0.2, 0.25) is 0 Å². The largest absolute Gasteiger partial charge is 0.478 e. The molecule has 2 rings (SSSR count). The van der Waals surface area contributed by atoms with Crippen molar-refractivity contribution in [3.05, 3.63) is 34.2 Å². The van der Waals surface area contributed by atoms with E-state index in [0.717, 1.165) is 6.26 Å². The number of fused-ring (bicyclic) bond motifs is 1. The number of carboxylic acid groups (broad SMARTS) is 1. The number of carboxylic acids is 1. The molecule has 0 saturated carbocycles. The van der Waals surface area contributed by atoms with Gasteiger partial charge in [-0.3, -0.25) is 4.57 Å². The van der Waals surface area contributed by atoms with Crippen LogP contribution in [0.25, 0.3) is 11.0 Å². The summed E-state index contributed by atoms with van der Waals surface area (Å²) < 4.78 is 25.5. The van der Waals surface area contributed by atoms with Gasteiger partial charge in [0.2, 0.25) is 10.0 Å². The van der Waals surface area contributed by atoms with E-state index < -0.39 is 21.7 Å². The third-order valence-electron chi connectivity index (χ3n) is 2.72. The van der Waals surface area contributed by atoms with Crippen LogP contribution in [0, 0.1) is 0 Å². The summed E-state index contributed by atoms with van der Waals surface area (Å²) in [5, 5.41) is 8.88. The Kier molecular flexibility index (Phi) is 3.64. The van der Waals surface area contributed by atoms with Gasteiger partial charge in [0.15, 0.2) is 0 Å². The minimum absolute atomic E-state index is 0.0696. The number of rotatable bonds is 5. The van der Waals surface area contributed by atoms with Crippen LogP contribution >= 0.6 is 0 Å². The average molecular weight is 299 g/mol. The van der Waals surface area contributed by atoms with Gasteiger partial charge < -0.3 is 10.1 Å². The number of benzene rings is 1. The topological polar surface area (TPSA) is 121 Å². The summed E-state index contributed by atoms with van der Waals surface area (Å²) in [7, 11) is -3.31. The highest BCUT2D eigenvalue weighted by Crippen LogP contribution is 2.12. The molecule has 1 aromatic carbocycles. The number of imidazole rings is 1. The van der Waals surface area contributed by atoms with Crippen molar-refractivity contribution in [2.45, 2.75) is 6.54 Å². The van der Waals surface area contributed by atoms with E-state index in [1.807, 2.05) is 0 Å². The van der Waals surface area contributed by atoms with Crippen molar-refractivity contribution >= 4 is 27.0 Å². The molecule has 0 aliphatic heterocycles. The average Bonchev–Trinajstić information content (AvgIpc) is 2.63. The molecule has 0 aliphatic rings. The predicted molar refractivity (Wildman–Crippen MR) is 72.4 cm³/mol. The molecule has 2 aromatic rings. The van der Waals surface area contributed by atoms with Crippen LogP contribution < -0.4 is 10.4 Å². The number of aromatic nitrogens is 2. The van der Waals surface area contributed by atoms with Crippen molar-refractivity contribution in [1.82, 2.24) is 14.3 Å². The van der Waals surface area contributed by atoms with Gasteiger partial charge in [0.05, 0.1) is 22.9 Å². The molecular weight excluding hydrogens is 286 g/mol. The summed E-state index contributed by atoms with van der Waals surface area (Å²) in [5.41, 5.74) is 0.572. The van der Waals surface area contributed by atoms with Crippen molar-refractivity contribution in [1.29, 1.82) is 0 Å². The first-order valence-corrected chi connectivity index (χ1v) is 7.57. The second kappa shape index (κ2) is 5.10. The van der Waals surface area contributed by atoms with Crippen LogP contribution in [0.5, 0.6) is 0 Å². The van der Waals surface area contributed by atoms with E-state index in [0.29, 0.717) is 11.0 Å². The summed E-state index contributed by atoms with van der Waals surface area (Å²) in [6.07, 6.45) is 1.03. The summed E-state index contributed by atoms with van der Waals surface area (Å²) in [4.78, 5) is 25.1. The first kappa shape index (κ1) is 14.3. The van der Waals surface area contributed by atoms with Gasteiger partial charge in [0, 0.05) is 13.1 Å². The zero-order chi connectivity index (χ0) is 14.9. The molecule has 3 N–H and O–H groups in total. The summed E-state index contributed by atoms with van der Waals surface area (Å²) in [6, 6.07) is 4.26. The van der Waals surface area contributed by atoms with Gasteiger partial charge in [-0.15, -0.1) is 0 Å². The molecule has 0 unspecified atom stereocenters. The van der Waals surface area contributed by atoms with Crippen molar-refractivity contribution in [2.24, 2.45) is 0 Å². The fraction of sp³-hybridized carbons (Fsp3) is 0.273. The second-order valence-electron chi connectivity index (χ2n) is 4.29. The molecule has 0 spiro atoms. The Bertz CT molecular complexity index is 818. The fourth-order valence-corrected chi connectivity index (χ4v) is 2.32. The number of hydrogen-bond acceptors (Lipinski definition) is 4. The van der Waals surface area contributed by atoms with Crippen LogP contribution in [-0.2, 0) is 16.6 Å². The standard InChI is InChI=1S/C11H13N3O5S/c1-20(18,19)12-4-5-14-9-3-2-7(10(15)16)6-8(9)13-11(14)17/h2-3,6,12H,4-5H2,1H3,(H,13,17)(H,15,16). The third-order valence-corrected chi connectivity index (χ3v) is 3.45. The van der Waals surface area contributed by atoms with E-state index in [1.165, 1.54) is 22.8 Å². The van der Waals surface area contributed by atoms with Gasteiger partial charge >= 0.3 is 11.7 Å². The smallest absolute Gasteiger partial charge is 0.335 e. The van der Waals surface area contributed by atoms with Gasteiger partial charge in [-0.1, -0.05) is 0 Å². The maximum absolute atomic E-state index is 11.8. The lowest BCUT2D eigenvalue weighted by molar-refractivity contribution is 0.0697. The lowest BCUT2D eigenvalue weighted by Gasteiger charge is -2.04. The van der Waals surface area contributed by atoms with Gasteiger partial charge in [0.1, 0.15) is 0 Å². The number of nitrogens with zero attached hydrogens (tertiary/aromatic N) is 1. The number of H-pyrrole nitrogens is 1. The summed E-state index contributed by atoms with van der Waals surface area (Å²) in [6.45, 7) is 0.227. The van der Waals surface area contributed by atoms with Crippen LogP contribution in [-0.4, -0.2) is 41.8 Å². The lowest BCUT2D eigenvalue weighted by atomic mass is 10.2. The van der Waals surface area contributed by atoms with Crippen molar-refractivity contribution in [3.8, 4) is 0 Å². The molecule has 0 fully saturated rings. The number of hydrogen-bond donors (Lipinski definition) is 3.